The lowest BCUT2D eigenvalue weighted by Gasteiger charge is -2.22. The molecule has 1 atom stereocenters. The van der Waals surface area contributed by atoms with E-state index < -0.39 is 0 Å². The molecule has 116 valence electrons. The van der Waals surface area contributed by atoms with Gasteiger partial charge in [-0.2, -0.15) is 0 Å². The molecule has 0 aliphatic rings. The van der Waals surface area contributed by atoms with E-state index in [9.17, 15) is 9.59 Å². The third-order valence-electron chi connectivity index (χ3n) is 3.38. The van der Waals surface area contributed by atoms with Crippen LogP contribution in [0, 0.1) is 13.8 Å². The van der Waals surface area contributed by atoms with E-state index in [-0.39, 0.29) is 24.4 Å². The molecule has 0 aliphatic carbocycles. The van der Waals surface area contributed by atoms with Gasteiger partial charge in [0.15, 0.2) is 0 Å². The number of nitrogens with zero attached hydrogens (tertiary/aromatic N) is 2. The molecule has 0 aromatic carbocycles. The average molecular weight is 293 g/mol. The van der Waals surface area contributed by atoms with Crippen LogP contribution >= 0.6 is 0 Å². The lowest BCUT2D eigenvalue weighted by molar-refractivity contribution is -0.132. The summed E-state index contributed by atoms with van der Waals surface area (Å²) in [5.41, 5.74) is 1.68. The zero-order valence-corrected chi connectivity index (χ0v) is 13.1. The first kappa shape index (κ1) is 16.9. The fourth-order valence-corrected chi connectivity index (χ4v) is 2.25. The largest absolute Gasteiger partial charge is 0.361 e. The number of carbonyl (C=O) groups excluding carboxylic acids is 2. The third kappa shape index (κ3) is 4.18. The zero-order chi connectivity index (χ0) is 16.0. The molecule has 0 radical (unpaired) electrons. The maximum absolute atomic E-state index is 12.1. The van der Waals surface area contributed by atoms with Crippen molar-refractivity contribution in [2.24, 2.45) is 0 Å². The van der Waals surface area contributed by atoms with Gasteiger partial charge in [-0.05, 0) is 33.3 Å². The van der Waals surface area contributed by atoms with E-state index in [0.29, 0.717) is 12.3 Å². The molecule has 0 saturated heterocycles. The van der Waals surface area contributed by atoms with Crippen LogP contribution in [-0.4, -0.2) is 35.0 Å². The normalized spacial score (nSPS) is 11.8. The van der Waals surface area contributed by atoms with Crippen molar-refractivity contribution >= 4 is 11.8 Å². The van der Waals surface area contributed by atoms with Crippen molar-refractivity contribution in [1.29, 1.82) is 0 Å². The minimum Gasteiger partial charge on any atom is -0.361 e. The van der Waals surface area contributed by atoms with Gasteiger partial charge in [-0.25, -0.2) is 0 Å². The number of carbonyl (C=O) groups is 2. The van der Waals surface area contributed by atoms with Crippen molar-refractivity contribution in [3.05, 3.63) is 29.7 Å². The van der Waals surface area contributed by atoms with E-state index in [1.807, 2.05) is 27.7 Å². The van der Waals surface area contributed by atoms with Crippen LogP contribution in [0.5, 0.6) is 0 Å². The van der Waals surface area contributed by atoms with Gasteiger partial charge in [-0.1, -0.05) is 18.7 Å². The Hall–Kier alpha value is -2.11. The fraction of sp³-hybridized carbons (Fsp3) is 0.533. The smallest absolute Gasteiger partial charge is 0.246 e. The highest BCUT2D eigenvalue weighted by molar-refractivity contribution is 5.90. The van der Waals surface area contributed by atoms with Crippen LogP contribution in [0.25, 0.3) is 0 Å². The predicted molar refractivity (Wildman–Crippen MR) is 79.6 cm³/mol. The molecule has 1 rings (SSSR count). The molecule has 2 amide bonds. The zero-order valence-electron chi connectivity index (χ0n) is 13.1. The molecule has 6 nitrogen and oxygen atoms in total. The number of nitrogens with one attached hydrogen (secondary N) is 1. The van der Waals surface area contributed by atoms with Gasteiger partial charge in [0.25, 0.3) is 0 Å². The summed E-state index contributed by atoms with van der Waals surface area (Å²) in [6.07, 6.45) is 1.93. The third-order valence-corrected chi connectivity index (χ3v) is 3.38. The number of hydrogen-bond donors (Lipinski definition) is 1. The minimum absolute atomic E-state index is 0.0151. The summed E-state index contributed by atoms with van der Waals surface area (Å²) in [4.78, 5) is 25.1. The minimum atomic E-state index is -0.252. The second-order valence-electron chi connectivity index (χ2n) is 4.82. The molecule has 0 aliphatic heterocycles. The predicted octanol–water partition coefficient (Wildman–Crippen LogP) is 1.89. The molecule has 1 unspecified atom stereocenters. The van der Waals surface area contributed by atoms with Crippen LogP contribution in [0.1, 0.15) is 43.3 Å². The summed E-state index contributed by atoms with van der Waals surface area (Å²) in [5.74, 6) is 0.242. The maximum atomic E-state index is 12.1. The van der Waals surface area contributed by atoms with Gasteiger partial charge >= 0.3 is 0 Å². The SMILES string of the molecule is C=CC(=O)N(CC)CC(=O)NC(CC)c1c(C)noc1C. The van der Waals surface area contributed by atoms with Gasteiger partial charge in [-0.3, -0.25) is 9.59 Å². The monoisotopic (exact) mass is 293 g/mol. The van der Waals surface area contributed by atoms with Crippen LogP contribution in [0.2, 0.25) is 0 Å². The molecule has 21 heavy (non-hydrogen) atoms. The molecule has 0 spiro atoms. The number of aromatic nitrogens is 1. The van der Waals surface area contributed by atoms with E-state index in [1.54, 1.807) is 0 Å². The van der Waals surface area contributed by atoms with Gasteiger partial charge in [0, 0.05) is 12.1 Å². The average Bonchev–Trinajstić information content (AvgIpc) is 2.80. The Bertz CT molecular complexity index is 503. The van der Waals surface area contributed by atoms with Crippen molar-refractivity contribution in [2.45, 2.75) is 40.2 Å². The second kappa shape index (κ2) is 7.61. The Morgan fingerprint density at radius 1 is 1.43 bits per heavy atom. The Kier molecular flexibility index (Phi) is 6.14. The van der Waals surface area contributed by atoms with Crippen LogP contribution in [0.15, 0.2) is 17.2 Å². The molecule has 1 aromatic rings. The van der Waals surface area contributed by atoms with Crippen molar-refractivity contribution < 1.29 is 14.1 Å². The highest BCUT2D eigenvalue weighted by Gasteiger charge is 2.22. The summed E-state index contributed by atoms with van der Waals surface area (Å²) in [6.45, 7) is 11.4. The summed E-state index contributed by atoms with van der Waals surface area (Å²) < 4.78 is 5.14. The number of amides is 2. The Morgan fingerprint density at radius 3 is 2.52 bits per heavy atom. The summed E-state index contributed by atoms with van der Waals surface area (Å²) in [7, 11) is 0. The van der Waals surface area contributed by atoms with Gasteiger partial charge in [-0.15, -0.1) is 0 Å². The quantitative estimate of drug-likeness (QED) is 0.779. The van der Waals surface area contributed by atoms with Gasteiger partial charge in [0.05, 0.1) is 18.3 Å². The Morgan fingerprint density at radius 2 is 2.10 bits per heavy atom. The Balaban J connectivity index is 2.76. The van der Waals surface area contributed by atoms with E-state index in [0.717, 1.165) is 17.7 Å². The Labute approximate surface area is 125 Å². The molecule has 0 fully saturated rings. The fourth-order valence-electron chi connectivity index (χ4n) is 2.25. The highest BCUT2D eigenvalue weighted by Crippen LogP contribution is 2.23. The lowest BCUT2D eigenvalue weighted by atomic mass is 10.0. The number of rotatable bonds is 7. The summed E-state index contributed by atoms with van der Waals surface area (Å²) >= 11 is 0. The van der Waals surface area contributed by atoms with Crippen LogP contribution in [0.4, 0.5) is 0 Å². The second-order valence-corrected chi connectivity index (χ2v) is 4.82. The first-order chi connectivity index (χ1) is 9.94. The summed E-state index contributed by atoms with van der Waals surface area (Å²) in [6, 6.07) is -0.165. The molecule has 6 heteroatoms. The number of aryl methyl sites for hydroxylation is 2. The van der Waals surface area contributed by atoms with Crippen molar-refractivity contribution in [2.75, 3.05) is 13.1 Å². The molecule has 1 aromatic heterocycles. The standard InChI is InChI=1S/C15H23N3O3/c1-6-12(15-10(4)17-21-11(15)5)16-13(19)9-18(8-3)14(20)7-2/h7,12H,2,6,8-9H2,1,3-5H3,(H,16,19). The number of hydrogen-bond acceptors (Lipinski definition) is 4. The molecule has 1 N–H and O–H groups in total. The molecular weight excluding hydrogens is 270 g/mol. The van der Waals surface area contributed by atoms with E-state index >= 15 is 0 Å². The molecule has 0 saturated carbocycles. The lowest BCUT2D eigenvalue weighted by Crippen LogP contribution is -2.41. The van der Waals surface area contributed by atoms with Gasteiger partial charge in [0.2, 0.25) is 11.8 Å². The van der Waals surface area contributed by atoms with E-state index in [4.69, 9.17) is 4.52 Å². The van der Waals surface area contributed by atoms with Crippen LogP contribution in [0.3, 0.4) is 0 Å². The van der Waals surface area contributed by atoms with Crippen LogP contribution < -0.4 is 5.32 Å². The van der Waals surface area contributed by atoms with Crippen molar-refractivity contribution in [3.63, 3.8) is 0 Å². The molecule has 1 heterocycles. The van der Waals surface area contributed by atoms with E-state index in [1.165, 1.54) is 11.0 Å². The maximum Gasteiger partial charge on any atom is 0.246 e. The first-order valence-electron chi connectivity index (χ1n) is 7.07. The van der Waals surface area contributed by atoms with Crippen molar-refractivity contribution in [3.8, 4) is 0 Å². The molecular formula is C15H23N3O3. The highest BCUT2D eigenvalue weighted by atomic mass is 16.5. The van der Waals surface area contributed by atoms with E-state index in [2.05, 4.69) is 17.1 Å². The number of likely N-dealkylation sites (N-methyl/N-ethyl adjacent to an activating group) is 1. The van der Waals surface area contributed by atoms with Gasteiger partial charge in [0.1, 0.15) is 5.76 Å². The summed E-state index contributed by atoms with van der Waals surface area (Å²) in [5, 5.41) is 6.83. The molecule has 0 bridgehead atoms. The van der Waals surface area contributed by atoms with Crippen molar-refractivity contribution in [1.82, 2.24) is 15.4 Å². The first-order valence-corrected chi connectivity index (χ1v) is 7.07. The van der Waals surface area contributed by atoms with Gasteiger partial charge < -0.3 is 14.7 Å². The topological polar surface area (TPSA) is 75.4 Å². The van der Waals surface area contributed by atoms with Crippen LogP contribution in [-0.2, 0) is 9.59 Å².